The number of hydrogen-bond donors (Lipinski definition) is 2. The van der Waals surface area contributed by atoms with Gasteiger partial charge in [0.25, 0.3) is 11.8 Å². The highest BCUT2D eigenvalue weighted by Crippen LogP contribution is 2.33. The van der Waals surface area contributed by atoms with Crippen LogP contribution in [-0.4, -0.2) is 39.5 Å². The maximum atomic E-state index is 12.7. The van der Waals surface area contributed by atoms with Crippen LogP contribution in [0.2, 0.25) is 0 Å². The SMILES string of the molecule is CCOc1ccc(C(=O)NN2C(=O)/C(=C\c3ccc(O)c(OCC)c3)SC2=S)cc1. The molecule has 0 aromatic heterocycles. The third kappa shape index (κ3) is 4.92. The molecule has 0 atom stereocenters. The van der Waals surface area contributed by atoms with Gasteiger partial charge in [0, 0.05) is 5.56 Å². The topological polar surface area (TPSA) is 88.1 Å². The number of aromatic hydroxyl groups is 1. The standard InChI is InChI=1S/C21H20N2O5S2/c1-3-27-15-8-6-14(7-9-15)19(25)22-23-20(26)18(30-21(23)29)12-13-5-10-16(24)17(11-13)28-4-2/h5-12,24H,3-4H2,1-2H3,(H,22,25)/b18-12+. The number of carbonyl (C=O) groups excluding carboxylic acids is 2. The fourth-order valence-corrected chi connectivity index (χ4v) is 3.82. The number of thioether (sulfide) groups is 1. The van der Waals surface area contributed by atoms with Gasteiger partial charge in [-0.25, -0.2) is 0 Å². The maximum Gasteiger partial charge on any atom is 0.285 e. The first kappa shape index (κ1) is 21.7. The molecule has 1 fully saturated rings. The van der Waals surface area contributed by atoms with Gasteiger partial charge in [-0.05, 0) is 74.1 Å². The van der Waals surface area contributed by atoms with Crippen LogP contribution in [0.4, 0.5) is 0 Å². The van der Waals surface area contributed by atoms with Crippen molar-refractivity contribution in [2.45, 2.75) is 13.8 Å². The number of benzene rings is 2. The van der Waals surface area contributed by atoms with Crippen LogP contribution in [0, 0.1) is 0 Å². The van der Waals surface area contributed by atoms with E-state index >= 15 is 0 Å². The van der Waals surface area contributed by atoms with Crippen LogP contribution in [0.5, 0.6) is 17.2 Å². The van der Waals surface area contributed by atoms with Crippen LogP contribution in [0.3, 0.4) is 0 Å². The number of nitrogens with zero attached hydrogens (tertiary/aromatic N) is 1. The molecule has 2 amide bonds. The second-order valence-electron chi connectivity index (χ2n) is 6.08. The van der Waals surface area contributed by atoms with E-state index in [0.29, 0.717) is 40.7 Å². The first-order valence-corrected chi connectivity index (χ1v) is 10.4. The molecule has 0 spiro atoms. The van der Waals surface area contributed by atoms with Crippen molar-refractivity contribution >= 4 is 46.2 Å². The zero-order chi connectivity index (χ0) is 21.7. The lowest BCUT2D eigenvalue weighted by molar-refractivity contribution is -0.123. The fraction of sp³-hybridized carbons (Fsp3) is 0.190. The van der Waals surface area contributed by atoms with Gasteiger partial charge in [-0.1, -0.05) is 17.8 Å². The van der Waals surface area contributed by atoms with E-state index in [1.807, 2.05) is 13.8 Å². The molecule has 2 aromatic rings. The van der Waals surface area contributed by atoms with Gasteiger partial charge in [0.05, 0.1) is 18.1 Å². The molecule has 0 unspecified atom stereocenters. The van der Waals surface area contributed by atoms with Gasteiger partial charge >= 0.3 is 0 Å². The second kappa shape index (κ2) is 9.64. The molecule has 0 bridgehead atoms. The molecule has 7 nitrogen and oxygen atoms in total. The number of rotatable bonds is 7. The predicted molar refractivity (Wildman–Crippen MR) is 119 cm³/mol. The zero-order valence-corrected chi connectivity index (χ0v) is 18.0. The van der Waals surface area contributed by atoms with Crippen LogP contribution in [0.1, 0.15) is 29.8 Å². The molecule has 1 aliphatic heterocycles. The Bertz CT molecular complexity index is 1000. The molecule has 0 saturated carbocycles. The number of nitrogens with one attached hydrogen (secondary N) is 1. The Morgan fingerprint density at radius 1 is 1.17 bits per heavy atom. The lowest BCUT2D eigenvalue weighted by Gasteiger charge is -2.15. The van der Waals surface area contributed by atoms with E-state index in [-0.39, 0.29) is 10.1 Å². The van der Waals surface area contributed by atoms with Crippen molar-refractivity contribution in [3.8, 4) is 17.2 Å². The van der Waals surface area contributed by atoms with E-state index in [9.17, 15) is 14.7 Å². The number of hydrazine groups is 1. The molecular formula is C21H20N2O5S2. The van der Waals surface area contributed by atoms with E-state index in [0.717, 1.165) is 16.8 Å². The second-order valence-corrected chi connectivity index (χ2v) is 7.75. The highest BCUT2D eigenvalue weighted by molar-refractivity contribution is 8.26. The summed E-state index contributed by atoms with van der Waals surface area (Å²) in [6.45, 7) is 4.61. The third-order valence-corrected chi connectivity index (χ3v) is 5.32. The van der Waals surface area contributed by atoms with Gasteiger partial charge in [-0.15, -0.1) is 0 Å². The largest absolute Gasteiger partial charge is 0.504 e. The minimum atomic E-state index is -0.459. The van der Waals surface area contributed by atoms with Gasteiger partial charge in [-0.2, -0.15) is 5.01 Å². The van der Waals surface area contributed by atoms with E-state index < -0.39 is 11.8 Å². The molecule has 1 saturated heterocycles. The molecule has 3 rings (SSSR count). The Morgan fingerprint density at radius 2 is 1.87 bits per heavy atom. The molecule has 1 heterocycles. The smallest absolute Gasteiger partial charge is 0.285 e. The van der Waals surface area contributed by atoms with Crippen molar-refractivity contribution in [2.75, 3.05) is 13.2 Å². The highest BCUT2D eigenvalue weighted by Gasteiger charge is 2.33. The summed E-state index contributed by atoms with van der Waals surface area (Å²) < 4.78 is 10.9. The summed E-state index contributed by atoms with van der Waals surface area (Å²) in [5.41, 5.74) is 3.57. The Morgan fingerprint density at radius 3 is 2.53 bits per heavy atom. The average Bonchev–Trinajstić information content (AvgIpc) is 2.99. The van der Waals surface area contributed by atoms with Gasteiger partial charge in [0.2, 0.25) is 0 Å². The van der Waals surface area contributed by atoms with Gasteiger partial charge in [-0.3, -0.25) is 15.0 Å². The fourth-order valence-electron chi connectivity index (χ4n) is 2.64. The van der Waals surface area contributed by atoms with Crippen LogP contribution in [-0.2, 0) is 4.79 Å². The van der Waals surface area contributed by atoms with Gasteiger partial charge in [0.1, 0.15) is 5.75 Å². The van der Waals surface area contributed by atoms with Crippen molar-refractivity contribution in [2.24, 2.45) is 0 Å². The molecule has 0 aliphatic carbocycles. The van der Waals surface area contributed by atoms with Crippen LogP contribution >= 0.6 is 24.0 Å². The van der Waals surface area contributed by atoms with E-state index in [1.165, 1.54) is 6.07 Å². The number of phenols is 1. The Hall–Kier alpha value is -3.04. The molecule has 156 valence electrons. The first-order chi connectivity index (χ1) is 14.4. The van der Waals surface area contributed by atoms with Crippen molar-refractivity contribution in [1.29, 1.82) is 0 Å². The lowest BCUT2D eigenvalue weighted by Crippen LogP contribution is -2.44. The van der Waals surface area contributed by atoms with Crippen molar-refractivity contribution in [3.05, 3.63) is 58.5 Å². The number of phenolic OH excluding ortho intramolecular Hbond substituents is 1. The third-order valence-electron chi connectivity index (χ3n) is 4.02. The normalized spacial score (nSPS) is 14.9. The summed E-state index contributed by atoms with van der Waals surface area (Å²) in [7, 11) is 0. The summed E-state index contributed by atoms with van der Waals surface area (Å²) in [6.07, 6.45) is 1.63. The molecular weight excluding hydrogens is 424 g/mol. The van der Waals surface area contributed by atoms with Gasteiger partial charge in [0.15, 0.2) is 15.8 Å². The molecule has 1 aliphatic rings. The summed E-state index contributed by atoms with van der Waals surface area (Å²) in [6, 6.07) is 11.4. The van der Waals surface area contributed by atoms with Crippen molar-refractivity contribution in [1.82, 2.24) is 10.4 Å². The molecule has 2 N–H and O–H groups in total. The number of amides is 2. The van der Waals surface area contributed by atoms with Crippen molar-refractivity contribution < 1.29 is 24.2 Å². The molecule has 2 aromatic carbocycles. The monoisotopic (exact) mass is 444 g/mol. The Kier molecular flexibility index (Phi) is 6.96. The van der Waals surface area contributed by atoms with Crippen molar-refractivity contribution in [3.63, 3.8) is 0 Å². The minimum Gasteiger partial charge on any atom is -0.504 e. The molecule has 0 radical (unpaired) electrons. The Labute approximate surface area is 183 Å². The number of thiocarbonyl (C=S) groups is 1. The van der Waals surface area contributed by atoms with E-state index in [2.05, 4.69) is 5.43 Å². The van der Waals surface area contributed by atoms with Crippen LogP contribution in [0.15, 0.2) is 47.4 Å². The molecule has 9 heteroatoms. The van der Waals surface area contributed by atoms with E-state index in [1.54, 1.807) is 42.5 Å². The summed E-state index contributed by atoms with van der Waals surface area (Å²) >= 11 is 6.33. The first-order valence-electron chi connectivity index (χ1n) is 9.20. The lowest BCUT2D eigenvalue weighted by atomic mass is 10.2. The zero-order valence-electron chi connectivity index (χ0n) is 16.4. The van der Waals surface area contributed by atoms with E-state index in [4.69, 9.17) is 21.7 Å². The predicted octanol–water partition coefficient (Wildman–Crippen LogP) is 3.74. The summed E-state index contributed by atoms with van der Waals surface area (Å²) in [4.78, 5) is 25.6. The Balaban J connectivity index is 1.73. The number of ether oxygens (including phenoxy) is 2. The quantitative estimate of drug-likeness (QED) is 0.497. The molecule has 30 heavy (non-hydrogen) atoms. The number of carbonyl (C=O) groups is 2. The number of hydrogen-bond acceptors (Lipinski definition) is 7. The van der Waals surface area contributed by atoms with Crippen LogP contribution in [0.25, 0.3) is 6.08 Å². The summed E-state index contributed by atoms with van der Waals surface area (Å²) in [5.74, 6) is 0.104. The van der Waals surface area contributed by atoms with Gasteiger partial charge < -0.3 is 14.6 Å². The summed E-state index contributed by atoms with van der Waals surface area (Å²) in [5, 5.41) is 10.9. The average molecular weight is 445 g/mol. The highest BCUT2D eigenvalue weighted by atomic mass is 32.2. The maximum absolute atomic E-state index is 12.7. The minimum absolute atomic E-state index is 0.0177. The van der Waals surface area contributed by atoms with Crippen LogP contribution < -0.4 is 14.9 Å².